The first kappa shape index (κ1) is 28.4. The molecule has 0 aliphatic heterocycles. The zero-order valence-electron chi connectivity index (χ0n) is 21.7. The van der Waals surface area contributed by atoms with Gasteiger partial charge in [0.2, 0.25) is 0 Å². The SMILES string of the molecule is CCCCCCCCCc1cccc(OC(=S)Nc2ccccc2)c1CCCCCCCCC. The minimum absolute atomic E-state index is 0.417. The van der Waals surface area contributed by atoms with Gasteiger partial charge >= 0.3 is 0 Å². The lowest BCUT2D eigenvalue weighted by molar-refractivity contribution is 0.542. The van der Waals surface area contributed by atoms with Crippen LogP contribution in [0.3, 0.4) is 0 Å². The van der Waals surface area contributed by atoms with E-state index in [1.54, 1.807) is 0 Å². The van der Waals surface area contributed by atoms with E-state index in [0.717, 1.165) is 24.3 Å². The van der Waals surface area contributed by atoms with Gasteiger partial charge in [-0.2, -0.15) is 0 Å². The van der Waals surface area contributed by atoms with Crippen molar-refractivity contribution in [3.05, 3.63) is 59.7 Å². The molecule has 188 valence electrons. The average molecular weight is 482 g/mol. The molecule has 0 radical (unpaired) electrons. The average Bonchev–Trinajstić information content (AvgIpc) is 2.84. The van der Waals surface area contributed by atoms with Crippen LogP contribution >= 0.6 is 12.2 Å². The first-order valence-corrected chi connectivity index (χ1v) is 14.3. The van der Waals surface area contributed by atoms with Crippen molar-refractivity contribution in [1.29, 1.82) is 0 Å². The Balaban J connectivity index is 1.94. The fourth-order valence-electron chi connectivity index (χ4n) is 4.52. The molecule has 0 fully saturated rings. The topological polar surface area (TPSA) is 21.3 Å². The maximum Gasteiger partial charge on any atom is 0.266 e. The van der Waals surface area contributed by atoms with Crippen molar-refractivity contribution in [2.45, 2.75) is 117 Å². The Morgan fingerprint density at radius 2 is 1.21 bits per heavy atom. The number of aryl methyl sites for hydroxylation is 1. The van der Waals surface area contributed by atoms with E-state index in [2.05, 4.69) is 37.4 Å². The van der Waals surface area contributed by atoms with Gasteiger partial charge in [-0.3, -0.25) is 0 Å². The summed E-state index contributed by atoms with van der Waals surface area (Å²) in [5.74, 6) is 0.930. The van der Waals surface area contributed by atoms with Crippen LogP contribution in [-0.2, 0) is 12.8 Å². The molecule has 0 saturated heterocycles. The van der Waals surface area contributed by atoms with E-state index in [1.165, 1.54) is 101 Å². The van der Waals surface area contributed by atoms with Crippen LogP contribution in [0, 0.1) is 0 Å². The van der Waals surface area contributed by atoms with Crippen LogP contribution in [-0.4, -0.2) is 5.17 Å². The minimum Gasteiger partial charge on any atom is -0.431 e. The van der Waals surface area contributed by atoms with Gasteiger partial charge in [0.25, 0.3) is 5.17 Å². The smallest absolute Gasteiger partial charge is 0.266 e. The molecule has 0 amide bonds. The van der Waals surface area contributed by atoms with Crippen molar-refractivity contribution in [3.63, 3.8) is 0 Å². The Labute approximate surface area is 214 Å². The summed E-state index contributed by atoms with van der Waals surface area (Å²) in [6, 6.07) is 16.5. The molecule has 2 rings (SSSR count). The van der Waals surface area contributed by atoms with Gasteiger partial charge in [-0.25, -0.2) is 0 Å². The standard InChI is InChI=1S/C31H47NOS/c1-3-5-7-9-11-13-16-21-27-22-20-26-30(29(27)25-19-14-12-10-8-6-4-2)33-31(34)32-28-23-17-15-18-24-28/h15,17-18,20,22-24,26H,3-14,16,19,21,25H2,1-2H3,(H,32,34). The van der Waals surface area contributed by atoms with Crippen molar-refractivity contribution < 1.29 is 4.74 Å². The summed E-state index contributed by atoms with van der Waals surface area (Å²) in [4.78, 5) is 0. The lowest BCUT2D eigenvalue weighted by Crippen LogP contribution is -2.17. The van der Waals surface area contributed by atoms with Gasteiger partial charge in [-0.1, -0.05) is 121 Å². The summed E-state index contributed by atoms with van der Waals surface area (Å²) in [5.41, 5.74) is 3.76. The molecule has 0 spiro atoms. The fraction of sp³-hybridized carbons (Fsp3) is 0.581. The third kappa shape index (κ3) is 12.0. The highest BCUT2D eigenvalue weighted by molar-refractivity contribution is 7.80. The van der Waals surface area contributed by atoms with E-state index in [4.69, 9.17) is 17.0 Å². The van der Waals surface area contributed by atoms with Gasteiger partial charge in [0, 0.05) is 5.69 Å². The maximum atomic E-state index is 6.19. The highest BCUT2D eigenvalue weighted by atomic mass is 32.1. The molecule has 1 N–H and O–H groups in total. The van der Waals surface area contributed by atoms with Crippen LogP contribution in [0.2, 0.25) is 0 Å². The van der Waals surface area contributed by atoms with Crippen LogP contribution in [0.25, 0.3) is 0 Å². The maximum absolute atomic E-state index is 6.19. The number of unbranched alkanes of at least 4 members (excludes halogenated alkanes) is 12. The lowest BCUT2D eigenvalue weighted by atomic mass is 9.95. The molecular formula is C31H47NOS. The number of thiocarbonyl (C=S) groups is 1. The molecule has 3 heteroatoms. The molecule has 0 unspecified atom stereocenters. The molecule has 2 aromatic carbocycles. The number of anilines is 1. The van der Waals surface area contributed by atoms with Crippen molar-refractivity contribution in [3.8, 4) is 5.75 Å². The third-order valence-corrected chi connectivity index (χ3v) is 6.72. The van der Waals surface area contributed by atoms with Gasteiger partial charge in [0.15, 0.2) is 0 Å². The summed E-state index contributed by atoms with van der Waals surface area (Å²) in [7, 11) is 0. The molecular weight excluding hydrogens is 434 g/mol. The third-order valence-electron chi connectivity index (χ3n) is 6.53. The van der Waals surface area contributed by atoms with E-state index in [-0.39, 0.29) is 0 Å². The number of hydrogen-bond donors (Lipinski definition) is 1. The Morgan fingerprint density at radius 1 is 0.647 bits per heavy atom. The molecule has 34 heavy (non-hydrogen) atoms. The predicted octanol–water partition coefficient (Wildman–Crippen LogP) is 10.0. The highest BCUT2D eigenvalue weighted by Gasteiger charge is 2.12. The molecule has 0 saturated carbocycles. The summed E-state index contributed by atoms with van der Waals surface area (Å²) >= 11 is 5.54. The number of para-hydroxylation sites is 1. The zero-order valence-corrected chi connectivity index (χ0v) is 22.6. The van der Waals surface area contributed by atoms with Gasteiger partial charge in [-0.05, 0) is 67.2 Å². The molecule has 0 atom stereocenters. The summed E-state index contributed by atoms with van der Waals surface area (Å²) in [6.07, 6.45) is 20.8. The molecule has 0 bridgehead atoms. The summed E-state index contributed by atoms with van der Waals surface area (Å²) in [5, 5.41) is 3.64. The number of nitrogens with one attached hydrogen (secondary N) is 1. The zero-order chi connectivity index (χ0) is 24.3. The molecule has 2 nitrogen and oxygen atoms in total. The van der Waals surface area contributed by atoms with E-state index in [9.17, 15) is 0 Å². The van der Waals surface area contributed by atoms with Crippen LogP contribution in [0.5, 0.6) is 5.75 Å². The van der Waals surface area contributed by atoms with Crippen molar-refractivity contribution >= 4 is 23.1 Å². The van der Waals surface area contributed by atoms with Crippen LogP contribution in [0.4, 0.5) is 5.69 Å². The fourth-order valence-corrected chi connectivity index (χ4v) is 4.73. The van der Waals surface area contributed by atoms with E-state index >= 15 is 0 Å². The van der Waals surface area contributed by atoms with Crippen molar-refractivity contribution in [2.75, 3.05) is 5.32 Å². The number of hydrogen-bond acceptors (Lipinski definition) is 2. The second-order valence-corrected chi connectivity index (χ2v) is 9.89. The van der Waals surface area contributed by atoms with Crippen LogP contribution in [0.1, 0.15) is 115 Å². The normalized spacial score (nSPS) is 10.9. The first-order chi connectivity index (χ1) is 16.7. The molecule has 0 heterocycles. The summed E-state index contributed by atoms with van der Waals surface area (Å²) in [6.45, 7) is 4.56. The van der Waals surface area contributed by atoms with Gasteiger partial charge in [0.1, 0.15) is 5.75 Å². The first-order valence-electron chi connectivity index (χ1n) is 13.9. The quantitative estimate of drug-likeness (QED) is 0.169. The Morgan fingerprint density at radius 3 is 1.82 bits per heavy atom. The van der Waals surface area contributed by atoms with Crippen molar-refractivity contribution in [2.24, 2.45) is 0 Å². The van der Waals surface area contributed by atoms with E-state index in [0.29, 0.717) is 5.17 Å². The van der Waals surface area contributed by atoms with Gasteiger partial charge < -0.3 is 10.1 Å². The second-order valence-electron chi connectivity index (χ2n) is 9.52. The van der Waals surface area contributed by atoms with Crippen LogP contribution in [0.15, 0.2) is 48.5 Å². The largest absolute Gasteiger partial charge is 0.431 e. The Kier molecular flexibility index (Phi) is 15.4. The number of benzene rings is 2. The summed E-state index contributed by atoms with van der Waals surface area (Å²) < 4.78 is 6.19. The molecule has 0 aliphatic carbocycles. The Hall–Kier alpha value is -1.87. The Bertz CT molecular complexity index is 789. The number of rotatable bonds is 18. The molecule has 0 aromatic heterocycles. The van der Waals surface area contributed by atoms with E-state index in [1.807, 2.05) is 30.3 Å². The van der Waals surface area contributed by atoms with Crippen molar-refractivity contribution in [1.82, 2.24) is 0 Å². The van der Waals surface area contributed by atoms with Crippen LogP contribution < -0.4 is 10.1 Å². The predicted molar refractivity (Wildman–Crippen MR) is 153 cm³/mol. The lowest BCUT2D eigenvalue weighted by Gasteiger charge is -2.17. The van der Waals surface area contributed by atoms with E-state index < -0.39 is 0 Å². The minimum atomic E-state index is 0.417. The molecule has 2 aromatic rings. The van der Waals surface area contributed by atoms with Gasteiger partial charge in [0.05, 0.1) is 0 Å². The molecule has 0 aliphatic rings. The monoisotopic (exact) mass is 481 g/mol. The van der Waals surface area contributed by atoms with Gasteiger partial charge in [-0.15, -0.1) is 0 Å². The second kappa shape index (κ2) is 18.5. The number of ether oxygens (including phenoxy) is 1. The highest BCUT2D eigenvalue weighted by Crippen LogP contribution is 2.27.